The smallest absolute Gasteiger partial charge is 0.254 e. The Hall–Kier alpha value is -3.04. The number of carbonyl (C=O) groups excluding carboxylic acids is 1. The van der Waals surface area contributed by atoms with Gasteiger partial charge >= 0.3 is 0 Å². The Bertz CT molecular complexity index is 1070. The van der Waals surface area contributed by atoms with Crippen LogP contribution in [0, 0.1) is 6.92 Å². The quantitative estimate of drug-likeness (QED) is 0.625. The van der Waals surface area contributed by atoms with Crippen LogP contribution < -0.4 is 10.1 Å². The molecule has 4 rings (SSSR count). The molecule has 3 aromatic rings. The third-order valence-electron chi connectivity index (χ3n) is 4.99. The second-order valence-electron chi connectivity index (χ2n) is 7.24. The zero-order chi connectivity index (χ0) is 21.8. The van der Waals surface area contributed by atoms with Crippen molar-refractivity contribution in [2.75, 3.05) is 32.1 Å². The number of carbonyl (C=O) groups is 1. The van der Waals surface area contributed by atoms with E-state index in [-0.39, 0.29) is 12.0 Å². The van der Waals surface area contributed by atoms with E-state index < -0.39 is 0 Å². The summed E-state index contributed by atoms with van der Waals surface area (Å²) in [5, 5.41) is 13.4. The van der Waals surface area contributed by atoms with Gasteiger partial charge in [-0.3, -0.25) is 9.78 Å². The summed E-state index contributed by atoms with van der Waals surface area (Å²) in [5.74, 6) is 0.619. The zero-order valence-corrected chi connectivity index (χ0v) is 18.6. The molecule has 3 heterocycles. The number of ether oxygens (including phenoxy) is 2. The van der Waals surface area contributed by atoms with Crippen LogP contribution in [-0.4, -0.2) is 52.8 Å². The van der Waals surface area contributed by atoms with Gasteiger partial charge in [0, 0.05) is 23.5 Å². The van der Waals surface area contributed by atoms with Gasteiger partial charge in [0.25, 0.3) is 5.91 Å². The number of aryl methyl sites for hydroxylation is 2. The molecule has 9 heteroatoms. The third kappa shape index (κ3) is 5.00. The highest BCUT2D eigenvalue weighted by Gasteiger charge is 2.27. The monoisotopic (exact) mass is 439 g/mol. The van der Waals surface area contributed by atoms with Crippen LogP contribution >= 0.6 is 11.3 Å². The molecule has 31 heavy (non-hydrogen) atoms. The summed E-state index contributed by atoms with van der Waals surface area (Å²) in [4.78, 5) is 19.5. The van der Waals surface area contributed by atoms with E-state index in [0.717, 1.165) is 33.6 Å². The number of methoxy groups -OCH3 is 1. The summed E-state index contributed by atoms with van der Waals surface area (Å²) in [6.45, 7) is 5.42. The molecular formula is C22H25N5O3S. The lowest BCUT2D eigenvalue weighted by molar-refractivity contribution is -0.0247. The van der Waals surface area contributed by atoms with E-state index in [2.05, 4.69) is 27.4 Å². The van der Waals surface area contributed by atoms with E-state index in [4.69, 9.17) is 9.47 Å². The minimum Gasteiger partial charge on any atom is -0.497 e. The van der Waals surface area contributed by atoms with Crippen molar-refractivity contribution in [2.24, 2.45) is 0 Å². The summed E-state index contributed by atoms with van der Waals surface area (Å²) in [7, 11) is 1.59. The van der Waals surface area contributed by atoms with Gasteiger partial charge in [-0.2, -0.15) is 0 Å². The number of nitrogens with one attached hydrogen (secondary N) is 1. The van der Waals surface area contributed by atoms with Crippen molar-refractivity contribution >= 4 is 28.1 Å². The third-order valence-corrected chi connectivity index (χ3v) is 5.98. The summed E-state index contributed by atoms with van der Waals surface area (Å²) in [6, 6.07) is 11.1. The summed E-state index contributed by atoms with van der Waals surface area (Å²) >= 11 is 1.53. The Morgan fingerprint density at radius 2 is 2.19 bits per heavy atom. The van der Waals surface area contributed by atoms with Crippen molar-refractivity contribution in [3.05, 3.63) is 58.4 Å². The van der Waals surface area contributed by atoms with Crippen molar-refractivity contribution in [3.8, 4) is 5.75 Å². The lowest BCUT2D eigenvalue weighted by Gasteiger charge is -2.33. The Morgan fingerprint density at radius 1 is 1.32 bits per heavy atom. The molecule has 1 atom stereocenters. The van der Waals surface area contributed by atoms with Crippen LogP contribution in [0.2, 0.25) is 0 Å². The minimum absolute atomic E-state index is 0.0424. The van der Waals surface area contributed by atoms with Gasteiger partial charge in [0.15, 0.2) is 0 Å². The van der Waals surface area contributed by atoms with Crippen molar-refractivity contribution in [1.82, 2.24) is 20.1 Å². The predicted molar refractivity (Wildman–Crippen MR) is 119 cm³/mol. The van der Waals surface area contributed by atoms with Crippen molar-refractivity contribution in [2.45, 2.75) is 26.4 Å². The Morgan fingerprint density at radius 3 is 2.97 bits per heavy atom. The standard InChI is InChI=1S/C22H25N5O3S/c1-4-20-25-26-22(31-20)24-16-10-14(2)23-18(12-16)19-13-27(8-9-30-19)21(28)15-6-5-7-17(11-15)29-3/h5-7,10-12,19H,4,8-9,13H2,1-3H3,(H,23,24,26). The van der Waals surface area contributed by atoms with E-state index >= 15 is 0 Å². The lowest BCUT2D eigenvalue weighted by atomic mass is 10.1. The van der Waals surface area contributed by atoms with Gasteiger partial charge < -0.3 is 19.7 Å². The highest BCUT2D eigenvalue weighted by Crippen LogP contribution is 2.27. The zero-order valence-electron chi connectivity index (χ0n) is 17.8. The first-order valence-corrected chi connectivity index (χ1v) is 11.0. The van der Waals surface area contributed by atoms with Crippen LogP contribution in [0.5, 0.6) is 5.75 Å². The van der Waals surface area contributed by atoms with Gasteiger partial charge in [-0.15, -0.1) is 10.2 Å². The van der Waals surface area contributed by atoms with Gasteiger partial charge in [0.2, 0.25) is 5.13 Å². The molecular weight excluding hydrogens is 414 g/mol. The van der Waals surface area contributed by atoms with Crippen LogP contribution in [-0.2, 0) is 11.2 Å². The Labute approximate surface area is 185 Å². The van der Waals surface area contributed by atoms with E-state index in [0.29, 0.717) is 31.0 Å². The molecule has 0 radical (unpaired) electrons. The molecule has 1 fully saturated rings. The molecule has 8 nitrogen and oxygen atoms in total. The van der Waals surface area contributed by atoms with Crippen molar-refractivity contribution in [1.29, 1.82) is 0 Å². The van der Waals surface area contributed by atoms with Crippen molar-refractivity contribution < 1.29 is 14.3 Å². The fraction of sp³-hybridized carbons (Fsp3) is 0.364. The molecule has 1 unspecified atom stereocenters. The van der Waals surface area contributed by atoms with Gasteiger partial charge in [-0.25, -0.2) is 0 Å². The number of rotatable bonds is 6. The molecule has 1 amide bonds. The molecule has 1 aliphatic heterocycles. The Balaban J connectivity index is 1.51. The molecule has 2 aromatic heterocycles. The van der Waals surface area contributed by atoms with E-state index in [1.54, 1.807) is 24.1 Å². The molecule has 1 aliphatic rings. The number of amides is 1. The molecule has 0 bridgehead atoms. The number of hydrogen-bond donors (Lipinski definition) is 1. The second-order valence-corrected chi connectivity index (χ2v) is 8.31. The molecule has 1 saturated heterocycles. The molecule has 1 N–H and O–H groups in total. The molecule has 0 saturated carbocycles. The maximum atomic E-state index is 13.0. The van der Waals surface area contributed by atoms with E-state index in [1.807, 2.05) is 31.2 Å². The minimum atomic E-state index is -0.301. The van der Waals surface area contributed by atoms with Crippen LogP contribution in [0.3, 0.4) is 0 Å². The number of pyridine rings is 1. The average molecular weight is 440 g/mol. The van der Waals surface area contributed by atoms with Crippen LogP contribution in [0.4, 0.5) is 10.8 Å². The maximum Gasteiger partial charge on any atom is 0.254 e. The molecule has 0 aliphatic carbocycles. The maximum absolute atomic E-state index is 13.0. The molecule has 162 valence electrons. The van der Waals surface area contributed by atoms with Crippen LogP contribution in [0.15, 0.2) is 36.4 Å². The number of aromatic nitrogens is 3. The molecule has 0 spiro atoms. The largest absolute Gasteiger partial charge is 0.497 e. The topological polar surface area (TPSA) is 89.5 Å². The first kappa shape index (κ1) is 21.2. The number of benzene rings is 1. The SMILES string of the molecule is CCc1nnc(Nc2cc(C)nc(C3CN(C(=O)c4cccc(OC)c4)CCO3)c2)s1. The van der Waals surface area contributed by atoms with E-state index in [9.17, 15) is 4.79 Å². The summed E-state index contributed by atoms with van der Waals surface area (Å²) < 4.78 is 11.2. The summed E-state index contributed by atoms with van der Waals surface area (Å²) in [5.41, 5.74) is 3.12. The Kier molecular flexibility index (Phi) is 6.43. The van der Waals surface area contributed by atoms with Crippen molar-refractivity contribution in [3.63, 3.8) is 0 Å². The number of anilines is 2. The number of nitrogens with zero attached hydrogens (tertiary/aromatic N) is 4. The van der Waals surface area contributed by atoms with Gasteiger partial charge in [-0.1, -0.05) is 24.3 Å². The first-order valence-electron chi connectivity index (χ1n) is 10.2. The summed E-state index contributed by atoms with van der Waals surface area (Å²) in [6.07, 6.45) is 0.553. The van der Waals surface area contributed by atoms with Gasteiger partial charge in [0.05, 0.1) is 26.0 Å². The number of hydrogen-bond acceptors (Lipinski definition) is 8. The van der Waals surface area contributed by atoms with E-state index in [1.165, 1.54) is 11.3 Å². The normalized spacial score (nSPS) is 16.2. The van der Waals surface area contributed by atoms with Gasteiger partial charge in [0.1, 0.15) is 16.9 Å². The fourth-order valence-electron chi connectivity index (χ4n) is 3.45. The average Bonchev–Trinajstić information content (AvgIpc) is 3.25. The molecule has 1 aromatic carbocycles. The second kappa shape index (κ2) is 9.40. The van der Waals surface area contributed by atoms with Crippen LogP contribution in [0.1, 0.15) is 39.8 Å². The fourth-order valence-corrected chi connectivity index (χ4v) is 4.15. The van der Waals surface area contributed by atoms with Gasteiger partial charge in [-0.05, 0) is 43.7 Å². The highest BCUT2D eigenvalue weighted by molar-refractivity contribution is 7.15. The lowest BCUT2D eigenvalue weighted by Crippen LogP contribution is -2.42. The number of morpholine rings is 1. The predicted octanol–water partition coefficient (Wildman–Crippen LogP) is 3.77. The van der Waals surface area contributed by atoms with Crippen LogP contribution in [0.25, 0.3) is 0 Å². The first-order chi connectivity index (χ1) is 15.1. The highest BCUT2D eigenvalue weighted by atomic mass is 32.1.